The van der Waals surface area contributed by atoms with Crippen molar-refractivity contribution in [1.82, 2.24) is 9.97 Å². The Balaban J connectivity index is 2.04. The number of anilines is 1. The fourth-order valence-electron chi connectivity index (χ4n) is 2.09. The molecule has 1 aliphatic heterocycles. The van der Waals surface area contributed by atoms with E-state index in [0.717, 1.165) is 12.8 Å². The van der Waals surface area contributed by atoms with E-state index < -0.39 is 0 Å². The van der Waals surface area contributed by atoms with Crippen LogP contribution in [0.5, 0.6) is 5.88 Å². The summed E-state index contributed by atoms with van der Waals surface area (Å²) in [5.41, 5.74) is 5.51. The van der Waals surface area contributed by atoms with Crippen LogP contribution < -0.4 is 10.5 Å². The summed E-state index contributed by atoms with van der Waals surface area (Å²) in [6.07, 6.45) is 2.15. The number of ether oxygens (including phenoxy) is 2. The van der Waals surface area contributed by atoms with Crippen molar-refractivity contribution in [3.8, 4) is 5.88 Å². The molecule has 1 fully saturated rings. The molecule has 1 saturated heterocycles. The molecule has 17 heavy (non-hydrogen) atoms. The van der Waals surface area contributed by atoms with E-state index in [9.17, 15) is 0 Å². The fourth-order valence-corrected chi connectivity index (χ4v) is 2.27. The number of hydrogen-bond donors (Lipinski definition) is 1. The third-order valence-electron chi connectivity index (χ3n) is 2.63. The molecular formula is C11H16ClN3O2. The zero-order valence-corrected chi connectivity index (χ0v) is 10.6. The first kappa shape index (κ1) is 12.4. The standard InChI is InChI=1S/C11H16ClN3O2/c1-6-3-8(4-7(2)16-6)17-10-5-9(12)14-11(13)15-10/h5-8H,3-4H2,1-2H3,(H2,13,14,15). The summed E-state index contributed by atoms with van der Waals surface area (Å²) in [6.45, 7) is 4.07. The first-order chi connectivity index (χ1) is 8.02. The largest absolute Gasteiger partial charge is 0.474 e. The second-order valence-electron chi connectivity index (χ2n) is 4.36. The summed E-state index contributed by atoms with van der Waals surface area (Å²) in [5, 5.41) is 0.292. The van der Waals surface area contributed by atoms with Gasteiger partial charge in [-0.3, -0.25) is 0 Å². The highest BCUT2D eigenvalue weighted by Crippen LogP contribution is 2.24. The molecular weight excluding hydrogens is 242 g/mol. The maximum atomic E-state index is 5.79. The van der Waals surface area contributed by atoms with Gasteiger partial charge < -0.3 is 15.2 Å². The topological polar surface area (TPSA) is 70.3 Å². The van der Waals surface area contributed by atoms with E-state index in [2.05, 4.69) is 9.97 Å². The van der Waals surface area contributed by atoms with Gasteiger partial charge in [-0.1, -0.05) is 11.6 Å². The van der Waals surface area contributed by atoms with Gasteiger partial charge in [0, 0.05) is 18.9 Å². The summed E-state index contributed by atoms with van der Waals surface area (Å²) in [7, 11) is 0. The van der Waals surface area contributed by atoms with E-state index in [1.54, 1.807) is 6.07 Å². The van der Waals surface area contributed by atoms with Crippen molar-refractivity contribution in [3.63, 3.8) is 0 Å². The van der Waals surface area contributed by atoms with Crippen molar-refractivity contribution < 1.29 is 9.47 Å². The molecule has 2 unspecified atom stereocenters. The summed E-state index contributed by atoms with van der Waals surface area (Å²) in [4.78, 5) is 7.78. The second kappa shape index (κ2) is 5.06. The highest BCUT2D eigenvalue weighted by Gasteiger charge is 2.26. The summed E-state index contributed by atoms with van der Waals surface area (Å²) >= 11 is 5.79. The Kier molecular flexibility index (Phi) is 3.69. The predicted octanol–water partition coefficient (Wildman–Crippen LogP) is 2.05. The highest BCUT2D eigenvalue weighted by atomic mass is 35.5. The van der Waals surface area contributed by atoms with Gasteiger partial charge in [0.25, 0.3) is 0 Å². The van der Waals surface area contributed by atoms with Crippen LogP contribution in [-0.2, 0) is 4.74 Å². The Bertz CT molecular complexity index is 372. The van der Waals surface area contributed by atoms with E-state index in [0.29, 0.717) is 11.0 Å². The number of rotatable bonds is 2. The summed E-state index contributed by atoms with van der Waals surface area (Å²) in [5.74, 6) is 0.550. The number of aromatic nitrogens is 2. The Labute approximate surface area is 105 Å². The zero-order chi connectivity index (χ0) is 12.4. The third-order valence-corrected chi connectivity index (χ3v) is 2.82. The Morgan fingerprint density at radius 1 is 1.35 bits per heavy atom. The van der Waals surface area contributed by atoms with Crippen molar-refractivity contribution in [2.24, 2.45) is 0 Å². The van der Waals surface area contributed by atoms with Gasteiger partial charge in [-0.15, -0.1) is 0 Å². The number of nitrogens with zero attached hydrogens (tertiary/aromatic N) is 2. The molecule has 0 aliphatic carbocycles. The maximum Gasteiger partial charge on any atom is 0.224 e. The minimum atomic E-state index is 0.0825. The lowest BCUT2D eigenvalue weighted by molar-refractivity contribution is -0.0729. The first-order valence-corrected chi connectivity index (χ1v) is 6.03. The van der Waals surface area contributed by atoms with Crippen LogP contribution in [0.2, 0.25) is 5.15 Å². The predicted molar refractivity (Wildman–Crippen MR) is 65.1 cm³/mol. The van der Waals surface area contributed by atoms with E-state index in [-0.39, 0.29) is 24.3 Å². The molecule has 2 atom stereocenters. The Morgan fingerprint density at radius 3 is 2.59 bits per heavy atom. The van der Waals surface area contributed by atoms with Gasteiger partial charge in [0.05, 0.1) is 12.2 Å². The van der Waals surface area contributed by atoms with Gasteiger partial charge in [-0.05, 0) is 13.8 Å². The number of hydrogen-bond acceptors (Lipinski definition) is 5. The van der Waals surface area contributed by atoms with Crippen molar-refractivity contribution in [3.05, 3.63) is 11.2 Å². The number of nitrogens with two attached hydrogens (primary N) is 1. The van der Waals surface area contributed by atoms with Crippen LogP contribution in [-0.4, -0.2) is 28.3 Å². The van der Waals surface area contributed by atoms with Gasteiger partial charge in [-0.2, -0.15) is 4.98 Å². The maximum absolute atomic E-state index is 5.79. The fraction of sp³-hybridized carbons (Fsp3) is 0.636. The van der Waals surface area contributed by atoms with Gasteiger partial charge in [0.15, 0.2) is 0 Å². The monoisotopic (exact) mass is 257 g/mol. The van der Waals surface area contributed by atoms with Gasteiger partial charge in [0.1, 0.15) is 11.3 Å². The Morgan fingerprint density at radius 2 is 2.00 bits per heavy atom. The molecule has 2 N–H and O–H groups in total. The van der Waals surface area contributed by atoms with Crippen molar-refractivity contribution in [2.75, 3.05) is 5.73 Å². The highest BCUT2D eigenvalue weighted by molar-refractivity contribution is 6.29. The van der Waals surface area contributed by atoms with Gasteiger partial charge in [0.2, 0.25) is 11.8 Å². The number of halogens is 1. The quantitative estimate of drug-likeness (QED) is 0.821. The number of nitrogen functional groups attached to an aromatic ring is 1. The van der Waals surface area contributed by atoms with Crippen LogP contribution in [0, 0.1) is 0 Å². The second-order valence-corrected chi connectivity index (χ2v) is 4.74. The normalized spacial score (nSPS) is 29.0. The molecule has 0 saturated carbocycles. The zero-order valence-electron chi connectivity index (χ0n) is 9.89. The van der Waals surface area contributed by atoms with E-state index >= 15 is 0 Å². The van der Waals surface area contributed by atoms with Crippen molar-refractivity contribution >= 4 is 17.5 Å². The molecule has 5 nitrogen and oxygen atoms in total. The van der Waals surface area contributed by atoms with Gasteiger partial charge >= 0.3 is 0 Å². The lowest BCUT2D eigenvalue weighted by atomic mass is 10.0. The Hall–Kier alpha value is -1.07. The molecule has 94 valence electrons. The molecule has 0 amide bonds. The SMILES string of the molecule is CC1CC(Oc2cc(Cl)nc(N)n2)CC(C)O1. The average molecular weight is 258 g/mol. The minimum Gasteiger partial charge on any atom is -0.474 e. The van der Waals surface area contributed by atoms with Crippen molar-refractivity contribution in [1.29, 1.82) is 0 Å². The lowest BCUT2D eigenvalue weighted by Crippen LogP contribution is -2.35. The summed E-state index contributed by atoms with van der Waals surface area (Å²) < 4.78 is 11.4. The smallest absolute Gasteiger partial charge is 0.224 e. The van der Waals surface area contributed by atoms with E-state index in [1.165, 1.54) is 0 Å². The minimum absolute atomic E-state index is 0.0825. The average Bonchev–Trinajstić information content (AvgIpc) is 2.13. The molecule has 1 aromatic rings. The molecule has 1 aliphatic rings. The van der Waals surface area contributed by atoms with Crippen LogP contribution in [0.3, 0.4) is 0 Å². The molecule has 6 heteroatoms. The molecule has 0 aromatic carbocycles. The molecule has 0 radical (unpaired) electrons. The van der Waals surface area contributed by atoms with Crippen LogP contribution in [0.4, 0.5) is 5.95 Å². The van der Waals surface area contributed by atoms with Crippen LogP contribution in [0.15, 0.2) is 6.07 Å². The van der Waals surface area contributed by atoms with Crippen LogP contribution in [0.1, 0.15) is 26.7 Å². The van der Waals surface area contributed by atoms with E-state index in [4.69, 9.17) is 26.8 Å². The van der Waals surface area contributed by atoms with Gasteiger partial charge in [-0.25, -0.2) is 4.98 Å². The lowest BCUT2D eigenvalue weighted by Gasteiger charge is -2.31. The molecule has 2 heterocycles. The van der Waals surface area contributed by atoms with Crippen molar-refractivity contribution in [2.45, 2.75) is 45.0 Å². The third kappa shape index (κ3) is 3.44. The molecule has 1 aromatic heterocycles. The van der Waals surface area contributed by atoms with Crippen LogP contribution >= 0.6 is 11.6 Å². The first-order valence-electron chi connectivity index (χ1n) is 5.65. The summed E-state index contributed by atoms with van der Waals surface area (Å²) in [6, 6.07) is 1.57. The van der Waals surface area contributed by atoms with Crippen LogP contribution in [0.25, 0.3) is 0 Å². The van der Waals surface area contributed by atoms with E-state index in [1.807, 2.05) is 13.8 Å². The molecule has 0 spiro atoms. The molecule has 2 rings (SSSR count). The molecule has 0 bridgehead atoms.